The van der Waals surface area contributed by atoms with E-state index in [1.165, 1.54) is 6.42 Å². The number of rotatable bonds is 7. The third-order valence-corrected chi connectivity index (χ3v) is 3.08. The maximum Gasteiger partial charge on any atom is 0.223 e. The van der Waals surface area contributed by atoms with Gasteiger partial charge in [-0.1, -0.05) is 27.2 Å². The third kappa shape index (κ3) is 5.07. The van der Waals surface area contributed by atoms with Crippen LogP contribution in [0.2, 0.25) is 0 Å². The first-order chi connectivity index (χ1) is 8.93. The summed E-state index contributed by atoms with van der Waals surface area (Å²) in [6, 6.07) is 1.56. The van der Waals surface area contributed by atoms with Gasteiger partial charge < -0.3 is 14.6 Å². The molecule has 0 aliphatic heterocycles. The van der Waals surface area contributed by atoms with Crippen molar-refractivity contribution in [3.63, 3.8) is 0 Å². The van der Waals surface area contributed by atoms with Gasteiger partial charge in [0.15, 0.2) is 5.75 Å². The molecule has 1 aromatic heterocycles. The molecular formula is C15H26N2O2. The Kier molecular flexibility index (Phi) is 6.09. The highest BCUT2D eigenvalue weighted by Gasteiger charge is 2.09. The number of unbranched alkanes of at least 4 members (excludes halogenated alkanes) is 1. The van der Waals surface area contributed by atoms with E-state index in [4.69, 9.17) is 0 Å². The standard InChI is InChI=1S/C15H26N2O2/c1-5-6-7-16(4)10-13-8-14(18)15(19)11-17(13)9-12(2)3/h8,11-12,19H,5-7,9-10H2,1-4H3. The number of pyridine rings is 1. The number of aromatic nitrogens is 1. The molecule has 1 heterocycles. The molecule has 0 bridgehead atoms. The van der Waals surface area contributed by atoms with E-state index in [0.29, 0.717) is 5.92 Å². The van der Waals surface area contributed by atoms with E-state index in [1.807, 2.05) is 4.57 Å². The van der Waals surface area contributed by atoms with E-state index < -0.39 is 0 Å². The zero-order valence-electron chi connectivity index (χ0n) is 12.5. The Hall–Kier alpha value is -1.29. The van der Waals surface area contributed by atoms with Crippen LogP contribution in [0.3, 0.4) is 0 Å². The summed E-state index contributed by atoms with van der Waals surface area (Å²) in [6.45, 7) is 8.99. The van der Waals surface area contributed by atoms with Crippen LogP contribution in [0.1, 0.15) is 39.3 Å². The Balaban J connectivity index is 2.90. The summed E-state index contributed by atoms with van der Waals surface area (Å²) >= 11 is 0. The highest BCUT2D eigenvalue weighted by atomic mass is 16.3. The van der Waals surface area contributed by atoms with Crippen LogP contribution in [0.4, 0.5) is 0 Å². The largest absolute Gasteiger partial charge is 0.503 e. The SMILES string of the molecule is CCCCN(C)Cc1cc(=O)c(O)cn1CC(C)C. The predicted octanol–water partition coefficient (Wildman–Crippen LogP) is 2.44. The summed E-state index contributed by atoms with van der Waals surface area (Å²) < 4.78 is 1.99. The topological polar surface area (TPSA) is 45.5 Å². The molecule has 0 spiro atoms. The van der Waals surface area contributed by atoms with Crippen LogP contribution >= 0.6 is 0 Å². The molecule has 0 aliphatic carbocycles. The lowest BCUT2D eigenvalue weighted by atomic mass is 10.2. The zero-order valence-corrected chi connectivity index (χ0v) is 12.5. The molecule has 0 amide bonds. The lowest BCUT2D eigenvalue weighted by Gasteiger charge is -2.21. The molecule has 0 saturated heterocycles. The van der Waals surface area contributed by atoms with E-state index in [9.17, 15) is 9.90 Å². The van der Waals surface area contributed by atoms with Crippen molar-refractivity contribution in [1.82, 2.24) is 9.47 Å². The van der Waals surface area contributed by atoms with Crippen molar-refractivity contribution in [1.29, 1.82) is 0 Å². The fourth-order valence-corrected chi connectivity index (χ4v) is 2.09. The second kappa shape index (κ2) is 7.34. The van der Waals surface area contributed by atoms with Crippen molar-refractivity contribution in [2.24, 2.45) is 5.92 Å². The molecule has 0 aromatic carbocycles. The molecule has 1 rings (SSSR count). The Morgan fingerprint density at radius 1 is 1.42 bits per heavy atom. The van der Waals surface area contributed by atoms with Crippen molar-refractivity contribution in [2.75, 3.05) is 13.6 Å². The molecule has 108 valence electrons. The number of hydrogen-bond donors (Lipinski definition) is 1. The first kappa shape index (κ1) is 15.8. The number of aromatic hydroxyl groups is 1. The van der Waals surface area contributed by atoms with Crippen LogP contribution in [-0.4, -0.2) is 28.2 Å². The minimum absolute atomic E-state index is 0.166. The van der Waals surface area contributed by atoms with Crippen molar-refractivity contribution in [2.45, 2.75) is 46.7 Å². The van der Waals surface area contributed by atoms with Crippen LogP contribution in [0.25, 0.3) is 0 Å². The van der Waals surface area contributed by atoms with Gasteiger partial charge in [0.2, 0.25) is 5.43 Å². The Morgan fingerprint density at radius 2 is 2.11 bits per heavy atom. The van der Waals surface area contributed by atoms with Crippen LogP contribution in [0, 0.1) is 5.92 Å². The van der Waals surface area contributed by atoms with Crippen LogP contribution in [-0.2, 0) is 13.1 Å². The molecule has 0 atom stereocenters. The molecule has 0 aliphatic rings. The zero-order chi connectivity index (χ0) is 14.4. The molecule has 1 aromatic rings. The maximum atomic E-state index is 11.6. The average molecular weight is 266 g/mol. The first-order valence-corrected chi connectivity index (χ1v) is 7.05. The first-order valence-electron chi connectivity index (χ1n) is 7.05. The van der Waals surface area contributed by atoms with Crippen molar-refractivity contribution in [3.05, 3.63) is 28.2 Å². The quantitative estimate of drug-likeness (QED) is 0.824. The predicted molar refractivity (Wildman–Crippen MR) is 78.4 cm³/mol. The van der Waals surface area contributed by atoms with E-state index in [2.05, 4.69) is 32.7 Å². The van der Waals surface area contributed by atoms with Gasteiger partial charge >= 0.3 is 0 Å². The molecule has 1 N–H and O–H groups in total. The van der Waals surface area contributed by atoms with Gasteiger partial charge in [-0.15, -0.1) is 0 Å². The highest BCUT2D eigenvalue weighted by molar-refractivity contribution is 5.20. The second-order valence-electron chi connectivity index (χ2n) is 5.65. The van der Waals surface area contributed by atoms with E-state index in [1.54, 1.807) is 12.3 Å². The van der Waals surface area contributed by atoms with Crippen molar-refractivity contribution in [3.8, 4) is 5.75 Å². The highest BCUT2D eigenvalue weighted by Crippen LogP contribution is 2.11. The van der Waals surface area contributed by atoms with Crippen LogP contribution < -0.4 is 5.43 Å². The third-order valence-electron chi connectivity index (χ3n) is 3.08. The summed E-state index contributed by atoms with van der Waals surface area (Å²) in [7, 11) is 2.06. The normalized spacial score (nSPS) is 11.5. The van der Waals surface area contributed by atoms with E-state index in [-0.39, 0.29) is 11.2 Å². The van der Waals surface area contributed by atoms with Gasteiger partial charge in [0.25, 0.3) is 0 Å². The molecule has 4 heteroatoms. The maximum absolute atomic E-state index is 11.6. The fraction of sp³-hybridized carbons (Fsp3) is 0.667. The minimum Gasteiger partial charge on any atom is -0.503 e. The van der Waals surface area contributed by atoms with Crippen LogP contribution in [0.15, 0.2) is 17.1 Å². The smallest absolute Gasteiger partial charge is 0.223 e. The van der Waals surface area contributed by atoms with Gasteiger partial charge in [0, 0.05) is 24.8 Å². The fourth-order valence-electron chi connectivity index (χ4n) is 2.09. The number of nitrogens with zero attached hydrogens (tertiary/aromatic N) is 2. The monoisotopic (exact) mass is 266 g/mol. The van der Waals surface area contributed by atoms with Gasteiger partial charge in [-0.2, -0.15) is 0 Å². The molecule has 0 unspecified atom stereocenters. The Bertz CT molecular complexity index is 452. The summed E-state index contributed by atoms with van der Waals surface area (Å²) in [5, 5.41) is 9.57. The van der Waals surface area contributed by atoms with Crippen LogP contribution in [0.5, 0.6) is 5.75 Å². The van der Waals surface area contributed by atoms with Gasteiger partial charge in [0.05, 0.1) is 6.20 Å². The van der Waals surface area contributed by atoms with Gasteiger partial charge in [0.1, 0.15) is 0 Å². The number of hydrogen-bond acceptors (Lipinski definition) is 3. The lowest BCUT2D eigenvalue weighted by Crippen LogP contribution is -2.24. The van der Waals surface area contributed by atoms with Gasteiger partial charge in [-0.3, -0.25) is 4.79 Å². The summed E-state index contributed by atoms with van der Waals surface area (Å²) in [6.07, 6.45) is 3.88. The van der Waals surface area contributed by atoms with Gasteiger partial charge in [-0.25, -0.2) is 0 Å². The van der Waals surface area contributed by atoms with Crippen molar-refractivity contribution < 1.29 is 5.11 Å². The molecule has 0 fully saturated rings. The summed E-state index contributed by atoms with van der Waals surface area (Å²) in [5.74, 6) is 0.308. The Morgan fingerprint density at radius 3 is 2.68 bits per heavy atom. The molecule has 0 radical (unpaired) electrons. The average Bonchev–Trinajstić information content (AvgIpc) is 2.32. The lowest BCUT2D eigenvalue weighted by molar-refractivity contribution is 0.306. The van der Waals surface area contributed by atoms with Crippen molar-refractivity contribution >= 4 is 0 Å². The minimum atomic E-state index is -0.293. The molecule has 19 heavy (non-hydrogen) atoms. The Labute approximate surface area is 115 Å². The van der Waals surface area contributed by atoms with Gasteiger partial charge in [-0.05, 0) is 25.9 Å². The second-order valence-corrected chi connectivity index (χ2v) is 5.65. The summed E-state index contributed by atoms with van der Waals surface area (Å²) in [5.41, 5.74) is 0.675. The molecular weight excluding hydrogens is 240 g/mol. The van der Waals surface area contributed by atoms with E-state index in [0.717, 1.165) is 31.7 Å². The summed E-state index contributed by atoms with van der Waals surface area (Å²) in [4.78, 5) is 13.8. The molecule has 0 saturated carbocycles. The molecule has 4 nitrogen and oxygen atoms in total. The van der Waals surface area contributed by atoms with E-state index >= 15 is 0 Å².